The number of carbonyl (C=O) groups excluding carboxylic acids is 1. The van der Waals surface area contributed by atoms with Crippen molar-refractivity contribution in [3.63, 3.8) is 0 Å². The van der Waals surface area contributed by atoms with E-state index in [0.717, 1.165) is 51.0 Å². The Labute approximate surface area is 196 Å². The molecule has 2 aliphatic heterocycles. The molecular formula is C27H32N4O2. The van der Waals surface area contributed by atoms with Gasteiger partial charge in [0.25, 0.3) is 0 Å². The van der Waals surface area contributed by atoms with Gasteiger partial charge in [0.2, 0.25) is 0 Å². The van der Waals surface area contributed by atoms with Crippen LogP contribution in [0.2, 0.25) is 0 Å². The van der Waals surface area contributed by atoms with E-state index in [2.05, 4.69) is 34.2 Å². The lowest BCUT2D eigenvalue weighted by Crippen LogP contribution is -2.61. The number of aryl methyl sites for hydroxylation is 1. The van der Waals surface area contributed by atoms with Gasteiger partial charge in [-0.1, -0.05) is 18.2 Å². The number of piperidine rings is 1. The molecule has 3 heterocycles. The van der Waals surface area contributed by atoms with Crippen molar-refractivity contribution >= 4 is 6.09 Å². The lowest BCUT2D eigenvalue weighted by Gasteiger charge is -2.56. The van der Waals surface area contributed by atoms with Crippen molar-refractivity contribution in [3.05, 3.63) is 53.3 Å². The first-order valence-corrected chi connectivity index (χ1v) is 12.0. The summed E-state index contributed by atoms with van der Waals surface area (Å²) in [6.45, 7) is 9.61. The third-order valence-corrected chi connectivity index (χ3v) is 7.39. The summed E-state index contributed by atoms with van der Waals surface area (Å²) >= 11 is 0. The number of hydrogen-bond acceptors (Lipinski definition) is 5. The van der Waals surface area contributed by atoms with Gasteiger partial charge in [-0.25, -0.2) is 9.78 Å². The fourth-order valence-electron chi connectivity index (χ4n) is 5.63. The molecule has 172 valence electrons. The van der Waals surface area contributed by atoms with Crippen molar-refractivity contribution in [2.75, 3.05) is 26.2 Å². The lowest BCUT2D eigenvalue weighted by atomic mass is 9.71. The number of amides is 1. The molecule has 1 amide bonds. The molecule has 6 heteroatoms. The highest BCUT2D eigenvalue weighted by Gasteiger charge is 2.48. The van der Waals surface area contributed by atoms with E-state index in [1.165, 1.54) is 23.1 Å². The zero-order valence-corrected chi connectivity index (χ0v) is 19.8. The fourth-order valence-corrected chi connectivity index (χ4v) is 5.63. The van der Waals surface area contributed by atoms with Gasteiger partial charge < -0.3 is 9.64 Å². The molecular weight excluding hydrogens is 412 g/mol. The van der Waals surface area contributed by atoms with E-state index in [9.17, 15) is 4.79 Å². The summed E-state index contributed by atoms with van der Waals surface area (Å²) in [5, 5.41) is 8.97. The number of aromatic nitrogens is 1. The summed E-state index contributed by atoms with van der Waals surface area (Å²) in [6, 6.07) is 13.1. The van der Waals surface area contributed by atoms with Crippen molar-refractivity contribution < 1.29 is 9.53 Å². The number of hydrogen-bond donors (Lipinski definition) is 0. The monoisotopic (exact) mass is 444 g/mol. The number of rotatable bonds is 2. The average molecular weight is 445 g/mol. The van der Waals surface area contributed by atoms with E-state index in [-0.39, 0.29) is 6.09 Å². The van der Waals surface area contributed by atoms with Crippen molar-refractivity contribution in [2.24, 2.45) is 5.41 Å². The van der Waals surface area contributed by atoms with Crippen LogP contribution < -0.4 is 0 Å². The number of nitrogens with zero attached hydrogens (tertiary/aromatic N) is 4. The molecule has 1 aliphatic carbocycles. The quantitative estimate of drug-likeness (QED) is 0.656. The van der Waals surface area contributed by atoms with Crippen LogP contribution >= 0.6 is 0 Å². The lowest BCUT2D eigenvalue weighted by molar-refractivity contribution is -0.0716. The Bertz CT molecular complexity index is 1080. The van der Waals surface area contributed by atoms with Crippen LogP contribution in [0.15, 0.2) is 36.5 Å². The molecule has 6 nitrogen and oxygen atoms in total. The topological polar surface area (TPSA) is 69.5 Å². The zero-order chi connectivity index (χ0) is 23.2. The van der Waals surface area contributed by atoms with E-state index in [1.54, 1.807) is 12.3 Å². The summed E-state index contributed by atoms with van der Waals surface area (Å²) < 4.78 is 5.55. The largest absolute Gasteiger partial charge is 0.444 e. The van der Waals surface area contributed by atoms with Gasteiger partial charge in [0.1, 0.15) is 17.4 Å². The number of benzene rings is 1. The van der Waals surface area contributed by atoms with Crippen LogP contribution in [0.25, 0.3) is 11.1 Å². The normalized spacial score (nSPS) is 21.9. The van der Waals surface area contributed by atoms with Crippen molar-refractivity contribution in [3.8, 4) is 17.2 Å². The van der Waals surface area contributed by atoms with E-state index in [4.69, 9.17) is 10.00 Å². The molecule has 1 unspecified atom stereocenters. The Morgan fingerprint density at radius 2 is 1.88 bits per heavy atom. The van der Waals surface area contributed by atoms with Gasteiger partial charge in [0, 0.05) is 44.0 Å². The molecule has 1 atom stereocenters. The van der Waals surface area contributed by atoms with E-state index in [0.29, 0.717) is 17.2 Å². The molecule has 3 aliphatic rings. The number of ether oxygens (including phenoxy) is 1. The number of nitriles is 1. The average Bonchev–Trinajstić information content (AvgIpc) is 3.19. The Morgan fingerprint density at radius 1 is 1.15 bits per heavy atom. The third kappa shape index (κ3) is 4.35. The number of pyridine rings is 1. The number of fused-ring (bicyclic) bond motifs is 1. The van der Waals surface area contributed by atoms with Crippen LogP contribution in [0, 0.1) is 16.7 Å². The Morgan fingerprint density at radius 3 is 2.52 bits per heavy atom. The molecule has 0 saturated carbocycles. The molecule has 5 rings (SSSR count). The fraction of sp³-hybridized carbons (Fsp3) is 0.519. The first-order valence-electron chi connectivity index (χ1n) is 12.0. The number of carbonyl (C=O) groups is 1. The highest BCUT2D eigenvalue weighted by Crippen LogP contribution is 2.48. The minimum Gasteiger partial charge on any atom is -0.444 e. The molecule has 1 spiro atoms. The first kappa shape index (κ1) is 21.9. The first-order chi connectivity index (χ1) is 15.8. The second-order valence-corrected chi connectivity index (χ2v) is 10.9. The summed E-state index contributed by atoms with van der Waals surface area (Å²) in [7, 11) is 0. The smallest absolute Gasteiger partial charge is 0.410 e. The molecule has 0 N–H and O–H groups in total. The van der Waals surface area contributed by atoms with E-state index < -0.39 is 5.60 Å². The predicted molar refractivity (Wildman–Crippen MR) is 126 cm³/mol. The van der Waals surface area contributed by atoms with Gasteiger partial charge in [0.15, 0.2) is 0 Å². The highest BCUT2D eigenvalue weighted by molar-refractivity contribution is 5.68. The molecule has 2 saturated heterocycles. The maximum atomic E-state index is 12.4. The van der Waals surface area contributed by atoms with Crippen LogP contribution in [0.5, 0.6) is 0 Å². The van der Waals surface area contributed by atoms with Crippen molar-refractivity contribution in [1.29, 1.82) is 5.26 Å². The van der Waals surface area contributed by atoms with Gasteiger partial charge in [0.05, 0.1) is 0 Å². The van der Waals surface area contributed by atoms with Crippen molar-refractivity contribution in [2.45, 2.75) is 58.1 Å². The Hall–Kier alpha value is -2.91. The second-order valence-electron chi connectivity index (χ2n) is 10.9. The zero-order valence-electron chi connectivity index (χ0n) is 19.8. The van der Waals surface area contributed by atoms with Crippen LogP contribution in [0.4, 0.5) is 4.79 Å². The van der Waals surface area contributed by atoms with Gasteiger partial charge in [-0.2, -0.15) is 5.26 Å². The molecule has 1 aromatic carbocycles. The SMILES string of the molecule is CC(C)(C)OC(=O)N1CCC2(CC1)CN(C1CCc3cc(-c4ccc(C#N)nc4)ccc31)C2. The Kier molecular flexibility index (Phi) is 5.41. The van der Waals surface area contributed by atoms with Crippen LogP contribution in [0.1, 0.15) is 62.9 Å². The molecule has 0 bridgehead atoms. The Balaban J connectivity index is 1.19. The van der Waals surface area contributed by atoms with Gasteiger partial charge in [-0.3, -0.25) is 4.90 Å². The highest BCUT2D eigenvalue weighted by atomic mass is 16.6. The second kappa shape index (κ2) is 8.14. The van der Waals surface area contributed by atoms with E-state index in [1.807, 2.05) is 31.7 Å². The maximum absolute atomic E-state index is 12.4. The molecule has 2 fully saturated rings. The van der Waals surface area contributed by atoms with Crippen LogP contribution in [0.3, 0.4) is 0 Å². The van der Waals surface area contributed by atoms with E-state index >= 15 is 0 Å². The van der Waals surface area contributed by atoms with Crippen molar-refractivity contribution in [1.82, 2.24) is 14.8 Å². The molecule has 0 radical (unpaired) electrons. The summed E-state index contributed by atoms with van der Waals surface area (Å²) in [5.74, 6) is 0. The minimum absolute atomic E-state index is 0.175. The standard InChI is InChI=1S/C27H32N4O2/c1-26(2,3)33-25(32)30-12-10-27(11-13-30)17-31(18-27)24-9-6-20-14-19(5-8-23(20)24)21-4-7-22(15-28)29-16-21/h4-5,7-8,14,16,24H,6,9-13,17-18H2,1-3H3. The summed E-state index contributed by atoms with van der Waals surface area (Å²) in [6.07, 6.45) is 6.01. The molecule has 33 heavy (non-hydrogen) atoms. The minimum atomic E-state index is -0.439. The van der Waals surface area contributed by atoms with Gasteiger partial charge >= 0.3 is 6.09 Å². The van der Waals surface area contributed by atoms with Crippen LogP contribution in [-0.2, 0) is 11.2 Å². The van der Waals surface area contributed by atoms with Gasteiger partial charge in [-0.05, 0) is 80.7 Å². The van der Waals surface area contributed by atoms with Gasteiger partial charge in [-0.15, -0.1) is 0 Å². The van der Waals surface area contributed by atoms with Crippen LogP contribution in [-0.4, -0.2) is 52.7 Å². The maximum Gasteiger partial charge on any atom is 0.410 e. The third-order valence-electron chi connectivity index (χ3n) is 7.39. The number of likely N-dealkylation sites (tertiary alicyclic amines) is 2. The predicted octanol–water partition coefficient (Wildman–Crippen LogP) is 4.94. The molecule has 1 aromatic heterocycles. The summed E-state index contributed by atoms with van der Waals surface area (Å²) in [5.41, 5.74) is 5.48. The summed E-state index contributed by atoms with van der Waals surface area (Å²) in [4.78, 5) is 21.1. The molecule has 2 aromatic rings.